The molecular weight excluding hydrogens is 346 g/mol. The van der Waals surface area contributed by atoms with Gasteiger partial charge in [-0.1, -0.05) is 55.7 Å². The summed E-state index contributed by atoms with van der Waals surface area (Å²) in [6.45, 7) is 6.46. The molecule has 0 bridgehead atoms. The number of carbonyl (C=O) groups excluding carboxylic acids is 1. The maximum Gasteiger partial charge on any atom is 0.227 e. The van der Waals surface area contributed by atoms with E-state index in [4.69, 9.17) is 5.10 Å². The quantitative estimate of drug-likeness (QED) is 0.612. The van der Waals surface area contributed by atoms with Crippen LogP contribution < -0.4 is 5.32 Å². The first kappa shape index (κ1) is 18.7. The van der Waals surface area contributed by atoms with Crippen LogP contribution in [0.5, 0.6) is 0 Å². The highest BCUT2D eigenvalue weighted by molar-refractivity contribution is 6.07. The Morgan fingerprint density at radius 2 is 1.71 bits per heavy atom. The number of aromatic nitrogens is 2. The van der Waals surface area contributed by atoms with Gasteiger partial charge in [-0.05, 0) is 45.7 Å². The van der Waals surface area contributed by atoms with Crippen LogP contribution in [0.1, 0.15) is 52.9 Å². The summed E-state index contributed by atoms with van der Waals surface area (Å²) >= 11 is 0. The molecule has 1 fully saturated rings. The van der Waals surface area contributed by atoms with E-state index in [-0.39, 0.29) is 17.4 Å². The Morgan fingerprint density at radius 1 is 1.00 bits per heavy atom. The average Bonchev–Trinajstić information content (AvgIpc) is 3.10. The molecule has 1 aliphatic rings. The SMILES string of the molecule is CC(C)(C)n1nc(-c2ccccc2)c2c(NC(=O)C3CCCCC3)cccc21. The Balaban J connectivity index is 1.83. The number of hydrogen-bond donors (Lipinski definition) is 1. The van der Waals surface area contributed by atoms with Gasteiger partial charge >= 0.3 is 0 Å². The molecule has 4 rings (SSSR count). The number of carbonyl (C=O) groups is 1. The number of rotatable bonds is 3. The van der Waals surface area contributed by atoms with Crippen LogP contribution in [0.25, 0.3) is 22.2 Å². The third-order valence-electron chi connectivity index (χ3n) is 5.62. The summed E-state index contributed by atoms with van der Waals surface area (Å²) in [6, 6.07) is 16.3. The minimum atomic E-state index is -0.155. The molecule has 2 aromatic carbocycles. The Morgan fingerprint density at radius 3 is 2.39 bits per heavy atom. The molecule has 146 valence electrons. The van der Waals surface area contributed by atoms with E-state index in [9.17, 15) is 4.79 Å². The molecule has 1 heterocycles. The van der Waals surface area contributed by atoms with E-state index >= 15 is 0 Å². The van der Waals surface area contributed by atoms with Gasteiger partial charge < -0.3 is 5.32 Å². The van der Waals surface area contributed by atoms with Crippen molar-refractivity contribution in [2.75, 3.05) is 5.32 Å². The number of benzene rings is 2. The smallest absolute Gasteiger partial charge is 0.227 e. The summed E-state index contributed by atoms with van der Waals surface area (Å²) in [5.74, 6) is 0.275. The van der Waals surface area contributed by atoms with Gasteiger partial charge in [-0.25, -0.2) is 0 Å². The summed E-state index contributed by atoms with van der Waals surface area (Å²) in [4.78, 5) is 12.9. The molecular formula is C24H29N3O. The van der Waals surface area contributed by atoms with Crippen molar-refractivity contribution in [3.63, 3.8) is 0 Å². The second-order valence-electron chi connectivity index (χ2n) is 8.82. The molecule has 0 atom stereocenters. The fourth-order valence-electron chi connectivity index (χ4n) is 4.18. The number of hydrogen-bond acceptors (Lipinski definition) is 2. The van der Waals surface area contributed by atoms with Crippen molar-refractivity contribution in [3.8, 4) is 11.3 Å². The summed E-state index contributed by atoms with van der Waals surface area (Å²) in [7, 11) is 0. The van der Waals surface area contributed by atoms with Gasteiger partial charge in [0.1, 0.15) is 5.69 Å². The van der Waals surface area contributed by atoms with Crippen molar-refractivity contribution < 1.29 is 4.79 Å². The molecule has 0 radical (unpaired) electrons. The lowest BCUT2D eigenvalue weighted by Gasteiger charge is -2.22. The highest BCUT2D eigenvalue weighted by Gasteiger charge is 2.25. The number of nitrogens with one attached hydrogen (secondary N) is 1. The largest absolute Gasteiger partial charge is 0.325 e. The maximum absolute atomic E-state index is 12.9. The fourth-order valence-corrected chi connectivity index (χ4v) is 4.18. The monoisotopic (exact) mass is 375 g/mol. The molecule has 3 aromatic rings. The van der Waals surface area contributed by atoms with Crippen LogP contribution in [-0.4, -0.2) is 15.7 Å². The predicted molar refractivity (Wildman–Crippen MR) is 115 cm³/mol. The molecule has 4 heteroatoms. The van der Waals surface area contributed by atoms with Crippen molar-refractivity contribution in [2.24, 2.45) is 5.92 Å². The molecule has 1 N–H and O–H groups in total. The van der Waals surface area contributed by atoms with Gasteiger partial charge in [-0.3, -0.25) is 9.48 Å². The normalized spacial score (nSPS) is 15.7. The minimum absolute atomic E-state index is 0.127. The van der Waals surface area contributed by atoms with Crippen LogP contribution >= 0.6 is 0 Å². The molecule has 0 aliphatic heterocycles. The third-order valence-corrected chi connectivity index (χ3v) is 5.62. The Hall–Kier alpha value is -2.62. The summed E-state index contributed by atoms with van der Waals surface area (Å²) < 4.78 is 2.07. The molecule has 28 heavy (non-hydrogen) atoms. The average molecular weight is 376 g/mol. The second-order valence-corrected chi connectivity index (χ2v) is 8.82. The van der Waals surface area contributed by atoms with Crippen LogP contribution in [0.4, 0.5) is 5.69 Å². The lowest BCUT2D eigenvalue weighted by molar-refractivity contribution is -0.120. The van der Waals surface area contributed by atoms with E-state index in [0.29, 0.717) is 0 Å². The van der Waals surface area contributed by atoms with E-state index in [2.05, 4.69) is 49.0 Å². The van der Waals surface area contributed by atoms with Crippen molar-refractivity contribution >= 4 is 22.5 Å². The van der Waals surface area contributed by atoms with Crippen molar-refractivity contribution in [1.82, 2.24) is 9.78 Å². The maximum atomic E-state index is 12.9. The van der Waals surface area contributed by atoms with Gasteiger partial charge in [0.05, 0.1) is 22.1 Å². The molecule has 1 aromatic heterocycles. The molecule has 0 saturated heterocycles. The molecule has 0 spiro atoms. The Labute approximate surface area is 166 Å². The van der Waals surface area contributed by atoms with Crippen LogP contribution in [0.3, 0.4) is 0 Å². The van der Waals surface area contributed by atoms with Crippen LogP contribution in [0, 0.1) is 5.92 Å². The lowest BCUT2D eigenvalue weighted by atomic mass is 9.88. The lowest BCUT2D eigenvalue weighted by Crippen LogP contribution is -2.25. The van der Waals surface area contributed by atoms with Gasteiger partial charge in [0, 0.05) is 11.5 Å². The first-order valence-corrected chi connectivity index (χ1v) is 10.3. The fraction of sp³-hybridized carbons (Fsp3) is 0.417. The van der Waals surface area contributed by atoms with Crippen LogP contribution in [0.2, 0.25) is 0 Å². The van der Waals surface area contributed by atoms with Gasteiger partial charge in [-0.15, -0.1) is 0 Å². The van der Waals surface area contributed by atoms with E-state index in [1.54, 1.807) is 0 Å². The van der Waals surface area contributed by atoms with Crippen LogP contribution in [0.15, 0.2) is 48.5 Å². The van der Waals surface area contributed by atoms with Crippen molar-refractivity contribution in [1.29, 1.82) is 0 Å². The number of amides is 1. The molecule has 1 amide bonds. The summed E-state index contributed by atoms with van der Waals surface area (Å²) in [5, 5.41) is 9.24. The van der Waals surface area contributed by atoms with E-state index < -0.39 is 0 Å². The third kappa shape index (κ3) is 3.56. The predicted octanol–water partition coefficient (Wildman–Crippen LogP) is 5.98. The first-order valence-electron chi connectivity index (χ1n) is 10.3. The summed E-state index contributed by atoms with van der Waals surface area (Å²) in [6.07, 6.45) is 5.54. The van der Waals surface area contributed by atoms with Gasteiger partial charge in [0.25, 0.3) is 0 Å². The van der Waals surface area contributed by atoms with Gasteiger partial charge in [0.2, 0.25) is 5.91 Å². The van der Waals surface area contributed by atoms with E-state index in [1.165, 1.54) is 6.42 Å². The zero-order chi connectivity index (χ0) is 19.7. The van der Waals surface area contributed by atoms with Crippen LogP contribution in [-0.2, 0) is 10.3 Å². The highest BCUT2D eigenvalue weighted by Crippen LogP contribution is 2.36. The van der Waals surface area contributed by atoms with Crippen molar-refractivity contribution in [2.45, 2.75) is 58.4 Å². The summed E-state index contributed by atoms with van der Waals surface area (Å²) in [5.41, 5.74) is 3.74. The van der Waals surface area contributed by atoms with E-state index in [0.717, 1.165) is 53.5 Å². The number of anilines is 1. The topological polar surface area (TPSA) is 46.9 Å². The minimum Gasteiger partial charge on any atom is -0.325 e. The highest BCUT2D eigenvalue weighted by atomic mass is 16.1. The van der Waals surface area contributed by atoms with Gasteiger partial charge in [0.15, 0.2) is 0 Å². The standard InChI is InChI=1S/C24H29N3O/c1-24(2,3)27-20-16-10-15-19(25-23(28)18-13-8-5-9-14-18)21(20)22(26-27)17-11-6-4-7-12-17/h4,6-7,10-12,15-16,18H,5,8-9,13-14H2,1-3H3,(H,25,28). The number of nitrogens with zero attached hydrogens (tertiary/aromatic N) is 2. The molecule has 0 unspecified atom stereocenters. The molecule has 1 aliphatic carbocycles. The zero-order valence-electron chi connectivity index (χ0n) is 17.0. The molecule has 4 nitrogen and oxygen atoms in total. The van der Waals surface area contributed by atoms with E-state index in [1.807, 2.05) is 30.3 Å². The zero-order valence-corrected chi connectivity index (χ0v) is 17.0. The first-order chi connectivity index (χ1) is 13.4. The Bertz CT molecular complexity index is 976. The second kappa shape index (κ2) is 7.42. The Kier molecular flexibility index (Phi) is 4.96. The van der Waals surface area contributed by atoms with Gasteiger partial charge in [-0.2, -0.15) is 5.10 Å². The number of fused-ring (bicyclic) bond motifs is 1. The van der Waals surface area contributed by atoms with Crippen molar-refractivity contribution in [3.05, 3.63) is 48.5 Å². The molecule has 1 saturated carbocycles.